The van der Waals surface area contributed by atoms with E-state index in [2.05, 4.69) is 22.4 Å². The second-order valence-corrected chi connectivity index (χ2v) is 9.11. The normalized spacial score (nSPS) is 15.7. The molecule has 37 heavy (non-hydrogen) atoms. The van der Waals surface area contributed by atoms with Gasteiger partial charge in [-0.2, -0.15) is 10.5 Å². The molecule has 3 aromatic carbocycles. The lowest BCUT2D eigenvalue weighted by Gasteiger charge is -2.29. The van der Waals surface area contributed by atoms with E-state index >= 15 is 0 Å². The third kappa shape index (κ3) is 6.13. The molecule has 1 aliphatic heterocycles. The molecule has 4 rings (SSSR count). The Kier molecular flexibility index (Phi) is 7.83. The van der Waals surface area contributed by atoms with Gasteiger partial charge in [-0.25, -0.2) is 4.79 Å². The van der Waals surface area contributed by atoms with Gasteiger partial charge in [-0.15, -0.1) is 0 Å². The first-order valence-corrected chi connectivity index (χ1v) is 11.9. The summed E-state index contributed by atoms with van der Waals surface area (Å²) in [5.74, 6) is 0.285. The van der Waals surface area contributed by atoms with Crippen molar-refractivity contribution in [2.75, 3.05) is 27.2 Å². The van der Waals surface area contributed by atoms with E-state index in [1.807, 2.05) is 24.3 Å². The van der Waals surface area contributed by atoms with Crippen molar-refractivity contribution in [2.45, 2.75) is 18.5 Å². The summed E-state index contributed by atoms with van der Waals surface area (Å²) in [5, 5.41) is 21.3. The van der Waals surface area contributed by atoms with Crippen molar-refractivity contribution in [3.05, 3.63) is 101 Å². The average molecular weight is 494 g/mol. The molecule has 0 bridgehead atoms. The molecule has 3 aromatic rings. The van der Waals surface area contributed by atoms with Gasteiger partial charge in [0.05, 0.1) is 29.3 Å². The second kappa shape index (κ2) is 11.4. The molecule has 2 atom stereocenters. The topological polar surface area (TPSA) is 109 Å². The Labute approximate surface area is 216 Å². The summed E-state index contributed by atoms with van der Waals surface area (Å²) in [5.41, 5.74) is 3.65. The Hall–Kier alpha value is -4.66. The smallest absolute Gasteiger partial charge is 0.410 e. The summed E-state index contributed by atoms with van der Waals surface area (Å²) in [7, 11) is 3.25. The molecule has 1 saturated heterocycles. The van der Waals surface area contributed by atoms with Gasteiger partial charge in [-0.3, -0.25) is 9.69 Å². The molecule has 0 saturated carbocycles. The number of carbonyl (C=O) groups is 2. The zero-order chi connectivity index (χ0) is 26.4. The maximum Gasteiger partial charge on any atom is 0.414 e. The molecule has 8 nitrogen and oxygen atoms in total. The molecule has 2 unspecified atom stereocenters. The molecule has 1 aliphatic rings. The van der Waals surface area contributed by atoms with E-state index < -0.39 is 6.09 Å². The molecular formula is C29H27N5O3. The van der Waals surface area contributed by atoms with Crippen LogP contribution in [0.5, 0.6) is 5.75 Å². The van der Waals surface area contributed by atoms with Crippen molar-refractivity contribution in [1.29, 1.82) is 10.5 Å². The lowest BCUT2D eigenvalue weighted by atomic mass is 9.96. The second-order valence-electron chi connectivity index (χ2n) is 9.11. The van der Waals surface area contributed by atoms with Crippen molar-refractivity contribution in [3.8, 4) is 17.9 Å². The molecule has 1 heterocycles. The standard InChI is InChI=1S/C29H27N5O3/c1-33(2)29(36)37-26-13-11-23(12-14-26)27(22-7-3-20(17-30)4-8-22)34-16-15-25(19-34)32-28(35)24-9-5-21(18-31)6-10-24/h3-14,25,27H,15-16,19H2,1-2H3,(H,32,35). The summed E-state index contributed by atoms with van der Waals surface area (Å²) < 4.78 is 5.36. The fraction of sp³-hybridized carbons (Fsp3) is 0.241. The molecule has 8 heteroatoms. The van der Waals surface area contributed by atoms with Gasteiger partial charge in [-0.1, -0.05) is 24.3 Å². The average Bonchev–Trinajstić information content (AvgIpc) is 3.37. The quantitative estimate of drug-likeness (QED) is 0.554. The zero-order valence-corrected chi connectivity index (χ0v) is 20.7. The summed E-state index contributed by atoms with van der Waals surface area (Å²) in [6, 6.07) is 25.6. The van der Waals surface area contributed by atoms with Crippen LogP contribution in [0.3, 0.4) is 0 Å². The van der Waals surface area contributed by atoms with Crippen molar-refractivity contribution in [2.24, 2.45) is 0 Å². The van der Waals surface area contributed by atoms with Gasteiger partial charge in [0.1, 0.15) is 5.75 Å². The minimum absolute atomic E-state index is 0.0376. The molecule has 0 spiro atoms. The van der Waals surface area contributed by atoms with Crippen LogP contribution in [0.1, 0.15) is 45.1 Å². The molecular weight excluding hydrogens is 466 g/mol. The van der Waals surface area contributed by atoms with Crippen molar-refractivity contribution >= 4 is 12.0 Å². The number of nitrogens with one attached hydrogen (secondary N) is 1. The highest BCUT2D eigenvalue weighted by atomic mass is 16.6. The van der Waals surface area contributed by atoms with Gasteiger partial charge >= 0.3 is 6.09 Å². The van der Waals surface area contributed by atoms with Crippen molar-refractivity contribution < 1.29 is 14.3 Å². The number of nitrogens with zero attached hydrogens (tertiary/aromatic N) is 4. The molecule has 2 amide bonds. The van der Waals surface area contributed by atoms with Crippen LogP contribution < -0.4 is 10.1 Å². The maximum absolute atomic E-state index is 12.8. The number of carbonyl (C=O) groups excluding carboxylic acids is 2. The Bertz CT molecular complexity index is 1340. The monoisotopic (exact) mass is 493 g/mol. The lowest BCUT2D eigenvalue weighted by molar-refractivity contribution is 0.0937. The highest BCUT2D eigenvalue weighted by molar-refractivity contribution is 5.94. The number of benzene rings is 3. The Morgan fingerprint density at radius 1 is 0.919 bits per heavy atom. The highest BCUT2D eigenvalue weighted by Gasteiger charge is 2.31. The highest BCUT2D eigenvalue weighted by Crippen LogP contribution is 2.33. The third-order valence-electron chi connectivity index (χ3n) is 6.32. The zero-order valence-electron chi connectivity index (χ0n) is 20.7. The number of hydrogen-bond donors (Lipinski definition) is 1. The fourth-order valence-electron chi connectivity index (χ4n) is 4.37. The molecule has 0 radical (unpaired) electrons. The van der Waals surface area contributed by atoms with Crippen LogP contribution >= 0.6 is 0 Å². The SMILES string of the molecule is CN(C)C(=O)Oc1ccc(C(c2ccc(C#N)cc2)N2CCC(NC(=O)c3ccc(C#N)cc3)C2)cc1. The first-order valence-electron chi connectivity index (χ1n) is 11.9. The number of rotatable bonds is 6. The molecule has 1 fully saturated rings. The Morgan fingerprint density at radius 3 is 2.00 bits per heavy atom. The number of hydrogen-bond acceptors (Lipinski definition) is 6. The lowest BCUT2D eigenvalue weighted by Crippen LogP contribution is -2.38. The fourth-order valence-corrected chi connectivity index (χ4v) is 4.37. The predicted molar refractivity (Wildman–Crippen MR) is 138 cm³/mol. The van der Waals surface area contributed by atoms with Gasteiger partial charge in [0, 0.05) is 38.8 Å². The first-order chi connectivity index (χ1) is 17.9. The Balaban J connectivity index is 1.52. The van der Waals surface area contributed by atoms with E-state index in [1.165, 1.54) is 4.90 Å². The Morgan fingerprint density at radius 2 is 1.46 bits per heavy atom. The number of amides is 2. The molecule has 186 valence electrons. The van der Waals surface area contributed by atoms with Crippen LogP contribution in [-0.2, 0) is 0 Å². The van der Waals surface area contributed by atoms with Gasteiger partial charge in [0.15, 0.2) is 0 Å². The van der Waals surface area contributed by atoms with Gasteiger partial charge in [-0.05, 0) is 66.1 Å². The van der Waals surface area contributed by atoms with Crippen LogP contribution in [0.15, 0.2) is 72.8 Å². The van der Waals surface area contributed by atoms with Crippen LogP contribution in [0.2, 0.25) is 0 Å². The number of nitriles is 2. The van der Waals surface area contributed by atoms with Gasteiger partial charge in [0.25, 0.3) is 5.91 Å². The van der Waals surface area contributed by atoms with Gasteiger partial charge < -0.3 is 15.0 Å². The summed E-state index contributed by atoms with van der Waals surface area (Å²) >= 11 is 0. The van der Waals surface area contributed by atoms with E-state index in [9.17, 15) is 14.9 Å². The third-order valence-corrected chi connectivity index (χ3v) is 6.32. The minimum Gasteiger partial charge on any atom is -0.410 e. The minimum atomic E-state index is -0.447. The summed E-state index contributed by atoms with van der Waals surface area (Å²) in [6.07, 6.45) is 0.338. The summed E-state index contributed by atoms with van der Waals surface area (Å²) in [6.45, 7) is 1.41. The summed E-state index contributed by atoms with van der Waals surface area (Å²) in [4.78, 5) is 28.3. The molecule has 1 N–H and O–H groups in total. The molecule has 0 aliphatic carbocycles. The molecule has 0 aromatic heterocycles. The van der Waals surface area contributed by atoms with E-state index in [4.69, 9.17) is 10.00 Å². The maximum atomic E-state index is 12.8. The number of likely N-dealkylation sites (tertiary alicyclic amines) is 1. The largest absolute Gasteiger partial charge is 0.414 e. The van der Waals surface area contributed by atoms with Crippen LogP contribution in [-0.4, -0.2) is 55.0 Å². The van der Waals surface area contributed by atoms with Crippen molar-refractivity contribution in [1.82, 2.24) is 15.1 Å². The van der Waals surface area contributed by atoms with Crippen molar-refractivity contribution in [3.63, 3.8) is 0 Å². The van der Waals surface area contributed by atoms with E-state index in [1.54, 1.807) is 62.6 Å². The predicted octanol–water partition coefficient (Wildman–Crippen LogP) is 4.08. The van der Waals surface area contributed by atoms with Crippen LogP contribution in [0.25, 0.3) is 0 Å². The first kappa shape index (κ1) is 25.4. The van der Waals surface area contributed by atoms with E-state index in [-0.39, 0.29) is 18.0 Å². The van der Waals surface area contributed by atoms with Gasteiger partial charge in [0.2, 0.25) is 0 Å². The van der Waals surface area contributed by atoms with Crippen LogP contribution in [0.4, 0.5) is 4.79 Å². The number of ether oxygens (including phenoxy) is 1. The van der Waals surface area contributed by atoms with E-state index in [0.717, 1.165) is 24.1 Å². The van der Waals surface area contributed by atoms with E-state index in [0.29, 0.717) is 29.0 Å². The van der Waals surface area contributed by atoms with Crippen LogP contribution in [0, 0.1) is 22.7 Å².